The van der Waals surface area contributed by atoms with Gasteiger partial charge in [0.15, 0.2) is 0 Å². The number of nitrogens with zero attached hydrogens (tertiary/aromatic N) is 1. The smallest absolute Gasteiger partial charge is 0.226 e. The van der Waals surface area contributed by atoms with E-state index in [0.717, 1.165) is 22.4 Å². The number of ether oxygens (including phenoxy) is 1. The van der Waals surface area contributed by atoms with E-state index in [1.54, 1.807) is 18.5 Å². The number of nitrogens with one attached hydrogen (secondary N) is 2. The lowest BCUT2D eigenvalue weighted by atomic mass is 9.96. The monoisotopic (exact) mass is 459 g/mol. The molecule has 0 unspecified atom stereocenters. The summed E-state index contributed by atoms with van der Waals surface area (Å²) in [5.41, 5.74) is 3.74. The van der Waals surface area contributed by atoms with E-state index in [2.05, 4.69) is 15.6 Å². The van der Waals surface area contributed by atoms with Crippen LogP contribution < -0.4 is 10.6 Å². The number of rotatable bonds is 8. The van der Waals surface area contributed by atoms with Crippen molar-refractivity contribution in [3.8, 4) is 11.1 Å². The number of hydrogen-bond acceptors (Lipinski definition) is 5. The van der Waals surface area contributed by atoms with Crippen molar-refractivity contribution < 1.29 is 19.4 Å². The SMILES string of the molecule is O=C(C[C@@H]1CC[C@@H](NC(=O)Cc2cccnc2)[C@@H](CO)O1)Nc1ccc(-c2ccccc2)cc1. The molecule has 1 fully saturated rings. The molecule has 2 aromatic carbocycles. The molecule has 1 saturated heterocycles. The van der Waals surface area contributed by atoms with Gasteiger partial charge in [0, 0.05) is 18.1 Å². The summed E-state index contributed by atoms with van der Waals surface area (Å²) in [4.78, 5) is 29.0. The minimum Gasteiger partial charge on any atom is -0.394 e. The predicted molar refractivity (Wildman–Crippen MR) is 130 cm³/mol. The van der Waals surface area contributed by atoms with Gasteiger partial charge in [-0.05, 0) is 47.7 Å². The van der Waals surface area contributed by atoms with Gasteiger partial charge in [0.05, 0.1) is 31.6 Å². The maximum Gasteiger partial charge on any atom is 0.226 e. The van der Waals surface area contributed by atoms with E-state index in [1.165, 1.54) is 0 Å². The van der Waals surface area contributed by atoms with Gasteiger partial charge < -0.3 is 20.5 Å². The molecule has 7 heteroatoms. The Hall–Kier alpha value is -3.55. The Labute approximate surface area is 199 Å². The third-order valence-corrected chi connectivity index (χ3v) is 5.92. The van der Waals surface area contributed by atoms with E-state index in [1.807, 2.05) is 60.7 Å². The molecule has 3 aromatic rings. The van der Waals surface area contributed by atoms with Gasteiger partial charge >= 0.3 is 0 Å². The predicted octanol–water partition coefficient (Wildman–Crippen LogP) is 3.34. The Bertz CT molecular complexity index is 1070. The van der Waals surface area contributed by atoms with E-state index >= 15 is 0 Å². The van der Waals surface area contributed by atoms with E-state index in [9.17, 15) is 14.7 Å². The minimum absolute atomic E-state index is 0.143. The summed E-state index contributed by atoms with van der Waals surface area (Å²) >= 11 is 0. The first-order valence-electron chi connectivity index (χ1n) is 11.5. The van der Waals surface area contributed by atoms with Gasteiger partial charge in [-0.1, -0.05) is 48.5 Å². The maximum absolute atomic E-state index is 12.6. The van der Waals surface area contributed by atoms with Gasteiger partial charge in [-0.25, -0.2) is 0 Å². The molecule has 176 valence electrons. The second-order valence-electron chi connectivity index (χ2n) is 8.46. The standard InChI is InChI=1S/C27H29N3O4/c31-18-25-24(30-26(32)15-19-5-4-14-28-17-19)13-12-23(34-25)16-27(33)29-22-10-8-21(9-11-22)20-6-2-1-3-7-20/h1-11,14,17,23-25,31H,12-13,15-16,18H2,(H,29,33)(H,30,32)/t23-,24+,25+/m0/s1. The highest BCUT2D eigenvalue weighted by Crippen LogP contribution is 2.24. The minimum atomic E-state index is -0.547. The number of benzene rings is 2. The Morgan fingerprint density at radius 3 is 2.41 bits per heavy atom. The molecule has 2 heterocycles. The molecule has 2 amide bonds. The summed E-state index contributed by atoms with van der Waals surface area (Å²) in [5, 5.41) is 15.6. The van der Waals surface area contributed by atoms with Gasteiger partial charge in [-0.3, -0.25) is 14.6 Å². The van der Waals surface area contributed by atoms with Crippen LogP contribution in [-0.4, -0.2) is 46.8 Å². The van der Waals surface area contributed by atoms with Crippen LogP contribution in [0.25, 0.3) is 11.1 Å². The fourth-order valence-corrected chi connectivity index (χ4v) is 4.19. The third-order valence-electron chi connectivity index (χ3n) is 5.92. The fraction of sp³-hybridized carbons (Fsp3) is 0.296. The van der Waals surface area contributed by atoms with E-state index in [0.29, 0.717) is 12.8 Å². The zero-order valence-electron chi connectivity index (χ0n) is 18.9. The van der Waals surface area contributed by atoms with Crippen LogP contribution in [0.1, 0.15) is 24.8 Å². The molecule has 0 radical (unpaired) electrons. The van der Waals surface area contributed by atoms with Crippen LogP contribution >= 0.6 is 0 Å². The van der Waals surface area contributed by atoms with Crippen molar-refractivity contribution in [3.63, 3.8) is 0 Å². The molecule has 34 heavy (non-hydrogen) atoms. The Morgan fingerprint density at radius 1 is 0.941 bits per heavy atom. The highest BCUT2D eigenvalue weighted by molar-refractivity contribution is 5.91. The Morgan fingerprint density at radius 2 is 1.71 bits per heavy atom. The molecular formula is C27H29N3O4. The van der Waals surface area contributed by atoms with E-state index < -0.39 is 6.10 Å². The third kappa shape index (κ3) is 6.50. The highest BCUT2D eigenvalue weighted by Gasteiger charge is 2.32. The van der Waals surface area contributed by atoms with Crippen molar-refractivity contribution in [1.29, 1.82) is 0 Å². The molecule has 1 aliphatic heterocycles. The van der Waals surface area contributed by atoms with Crippen molar-refractivity contribution in [1.82, 2.24) is 10.3 Å². The maximum atomic E-state index is 12.6. The lowest BCUT2D eigenvalue weighted by Gasteiger charge is -2.36. The molecule has 1 aromatic heterocycles. The number of aliphatic hydroxyl groups is 1. The number of aromatic nitrogens is 1. The summed E-state index contributed by atoms with van der Waals surface area (Å²) in [7, 11) is 0. The Kier molecular flexibility index (Phi) is 8.01. The van der Waals surface area contributed by atoms with Crippen molar-refractivity contribution in [2.45, 2.75) is 43.9 Å². The van der Waals surface area contributed by atoms with Crippen molar-refractivity contribution in [2.75, 3.05) is 11.9 Å². The summed E-state index contributed by atoms with van der Waals surface area (Å²) in [6.45, 7) is -0.225. The number of carbonyl (C=O) groups excluding carboxylic acids is 2. The molecular weight excluding hydrogens is 430 g/mol. The Balaban J connectivity index is 1.25. The van der Waals surface area contributed by atoms with Crippen molar-refractivity contribution >= 4 is 17.5 Å². The van der Waals surface area contributed by atoms with Crippen molar-refractivity contribution in [2.24, 2.45) is 0 Å². The number of amides is 2. The summed E-state index contributed by atoms with van der Waals surface area (Å²) in [5.74, 6) is -0.289. The number of anilines is 1. The van der Waals surface area contributed by atoms with Crippen LogP contribution in [0.3, 0.4) is 0 Å². The van der Waals surface area contributed by atoms with Gasteiger partial charge in [-0.15, -0.1) is 0 Å². The fourth-order valence-electron chi connectivity index (χ4n) is 4.19. The van der Waals surface area contributed by atoms with Gasteiger partial charge in [0.2, 0.25) is 11.8 Å². The molecule has 1 aliphatic rings. The zero-order valence-corrected chi connectivity index (χ0v) is 18.9. The van der Waals surface area contributed by atoms with Crippen LogP contribution in [0.15, 0.2) is 79.1 Å². The van der Waals surface area contributed by atoms with Crippen LogP contribution in [0.2, 0.25) is 0 Å². The molecule has 7 nitrogen and oxygen atoms in total. The number of carbonyl (C=O) groups is 2. The molecule has 0 aliphatic carbocycles. The van der Waals surface area contributed by atoms with Crippen LogP contribution in [0.4, 0.5) is 5.69 Å². The highest BCUT2D eigenvalue weighted by atomic mass is 16.5. The second kappa shape index (κ2) is 11.5. The van der Waals surface area contributed by atoms with Gasteiger partial charge in [0.25, 0.3) is 0 Å². The first-order valence-corrected chi connectivity index (χ1v) is 11.5. The largest absolute Gasteiger partial charge is 0.394 e. The number of pyridine rings is 1. The molecule has 3 N–H and O–H groups in total. The molecule has 4 rings (SSSR count). The lowest BCUT2D eigenvalue weighted by Crippen LogP contribution is -2.51. The molecule has 3 atom stereocenters. The van der Waals surface area contributed by atoms with Crippen LogP contribution in [0, 0.1) is 0 Å². The molecule has 0 bridgehead atoms. The van der Waals surface area contributed by atoms with Gasteiger partial charge in [0.1, 0.15) is 6.10 Å². The van der Waals surface area contributed by atoms with Crippen LogP contribution in [0.5, 0.6) is 0 Å². The topological polar surface area (TPSA) is 101 Å². The lowest BCUT2D eigenvalue weighted by molar-refractivity contribution is -0.133. The number of hydrogen-bond donors (Lipinski definition) is 3. The van der Waals surface area contributed by atoms with Gasteiger partial charge in [-0.2, -0.15) is 0 Å². The quantitative estimate of drug-likeness (QED) is 0.480. The van der Waals surface area contributed by atoms with E-state index in [4.69, 9.17) is 4.74 Å². The summed E-state index contributed by atoms with van der Waals surface area (Å²) in [6, 6.07) is 21.1. The first kappa shape index (κ1) is 23.6. The summed E-state index contributed by atoms with van der Waals surface area (Å²) in [6.07, 6.45) is 4.12. The van der Waals surface area contributed by atoms with Crippen molar-refractivity contribution in [3.05, 3.63) is 84.7 Å². The summed E-state index contributed by atoms with van der Waals surface area (Å²) < 4.78 is 5.95. The first-order chi connectivity index (χ1) is 16.6. The normalized spacial score (nSPS) is 19.9. The zero-order chi connectivity index (χ0) is 23.8. The number of aliphatic hydroxyl groups excluding tert-OH is 1. The average Bonchev–Trinajstić information content (AvgIpc) is 2.86. The molecule has 0 spiro atoms. The van der Waals surface area contributed by atoms with Crippen LogP contribution in [-0.2, 0) is 20.7 Å². The molecule has 0 saturated carbocycles. The second-order valence-corrected chi connectivity index (χ2v) is 8.46. The van der Waals surface area contributed by atoms with E-state index in [-0.39, 0.29) is 43.4 Å². The average molecular weight is 460 g/mol.